The van der Waals surface area contributed by atoms with Gasteiger partial charge in [0.25, 0.3) is 5.91 Å². The minimum absolute atomic E-state index is 0.0165. The summed E-state index contributed by atoms with van der Waals surface area (Å²) in [5.41, 5.74) is 0.650. The number of aromatic nitrogens is 1. The lowest BCUT2D eigenvalue weighted by atomic mass is 10.0. The van der Waals surface area contributed by atoms with E-state index in [0.717, 1.165) is 45.0 Å². The minimum Gasteiger partial charge on any atom is -0.354 e. The lowest BCUT2D eigenvalue weighted by Crippen LogP contribution is -2.49. The fraction of sp³-hybridized carbons (Fsp3) is 0.714. The van der Waals surface area contributed by atoms with Crippen molar-refractivity contribution in [2.24, 2.45) is 0 Å². The van der Waals surface area contributed by atoms with Crippen molar-refractivity contribution in [3.05, 3.63) is 23.9 Å². The first-order valence-electron chi connectivity index (χ1n) is 10.5. The average Bonchev–Trinajstić information content (AvgIpc) is 2.69. The molecule has 3 rings (SSSR count). The number of nitrogens with one attached hydrogen (secondary N) is 1. The maximum Gasteiger partial charge on any atom is 0.252 e. The number of hydrogen-bond acceptors (Lipinski definition) is 5. The number of anilines is 1. The molecule has 0 bridgehead atoms. The quantitative estimate of drug-likeness (QED) is 0.829. The number of likely N-dealkylation sites (tertiary alicyclic amines) is 1. The molecule has 0 aliphatic carbocycles. The lowest BCUT2D eigenvalue weighted by Gasteiger charge is -2.37. The molecular formula is C21H35N5O. The summed E-state index contributed by atoms with van der Waals surface area (Å²) in [5, 5.41) is 3.06. The number of rotatable bonds is 6. The normalized spacial score (nSPS) is 22.2. The van der Waals surface area contributed by atoms with Gasteiger partial charge in [0.15, 0.2) is 0 Å². The van der Waals surface area contributed by atoms with E-state index >= 15 is 0 Å². The van der Waals surface area contributed by atoms with E-state index in [-0.39, 0.29) is 5.91 Å². The molecule has 2 aliphatic rings. The van der Waals surface area contributed by atoms with Crippen molar-refractivity contribution in [3.8, 4) is 0 Å². The first kappa shape index (κ1) is 20.1. The van der Waals surface area contributed by atoms with Crippen LogP contribution in [0.15, 0.2) is 18.3 Å². The van der Waals surface area contributed by atoms with Crippen LogP contribution in [0.25, 0.3) is 0 Å². The van der Waals surface area contributed by atoms with Gasteiger partial charge in [-0.15, -0.1) is 0 Å². The maximum atomic E-state index is 12.4. The van der Waals surface area contributed by atoms with Crippen LogP contribution in [-0.2, 0) is 0 Å². The van der Waals surface area contributed by atoms with E-state index in [2.05, 4.69) is 45.9 Å². The molecule has 0 radical (unpaired) electrons. The molecule has 2 aliphatic heterocycles. The highest BCUT2D eigenvalue weighted by Gasteiger charge is 2.20. The summed E-state index contributed by atoms with van der Waals surface area (Å²) in [6.07, 6.45) is 6.58. The molecule has 3 heterocycles. The lowest BCUT2D eigenvalue weighted by molar-refractivity contribution is 0.0945. The highest BCUT2D eigenvalue weighted by molar-refractivity contribution is 5.94. The smallest absolute Gasteiger partial charge is 0.252 e. The predicted octanol–water partition coefficient (Wildman–Crippen LogP) is 2.22. The van der Waals surface area contributed by atoms with Gasteiger partial charge in [0.1, 0.15) is 5.82 Å². The van der Waals surface area contributed by atoms with Crippen LogP contribution in [0, 0.1) is 0 Å². The number of amides is 1. The second-order valence-corrected chi connectivity index (χ2v) is 8.20. The van der Waals surface area contributed by atoms with Crippen LogP contribution >= 0.6 is 0 Å². The molecule has 2 fully saturated rings. The largest absolute Gasteiger partial charge is 0.354 e. The molecule has 6 heteroatoms. The van der Waals surface area contributed by atoms with E-state index in [0.29, 0.717) is 17.6 Å². The van der Waals surface area contributed by atoms with E-state index in [1.165, 1.54) is 25.8 Å². The van der Waals surface area contributed by atoms with Crippen LogP contribution in [0.4, 0.5) is 5.82 Å². The Labute approximate surface area is 163 Å². The molecule has 1 amide bonds. The van der Waals surface area contributed by atoms with Gasteiger partial charge < -0.3 is 15.1 Å². The van der Waals surface area contributed by atoms with Crippen LogP contribution in [0.5, 0.6) is 0 Å². The van der Waals surface area contributed by atoms with Crippen LogP contribution < -0.4 is 10.2 Å². The van der Waals surface area contributed by atoms with Gasteiger partial charge >= 0.3 is 0 Å². The van der Waals surface area contributed by atoms with Crippen LogP contribution in [-0.4, -0.2) is 79.1 Å². The zero-order valence-electron chi connectivity index (χ0n) is 17.2. The second-order valence-electron chi connectivity index (χ2n) is 8.20. The molecule has 0 spiro atoms. The topological polar surface area (TPSA) is 51.7 Å². The summed E-state index contributed by atoms with van der Waals surface area (Å²) in [4.78, 5) is 24.1. The van der Waals surface area contributed by atoms with Crippen molar-refractivity contribution >= 4 is 11.7 Å². The predicted molar refractivity (Wildman–Crippen MR) is 110 cm³/mol. The summed E-state index contributed by atoms with van der Waals surface area (Å²) in [7, 11) is 2.19. The molecule has 6 nitrogen and oxygen atoms in total. The van der Waals surface area contributed by atoms with Crippen molar-refractivity contribution in [3.63, 3.8) is 0 Å². The van der Waals surface area contributed by atoms with Gasteiger partial charge in [-0.25, -0.2) is 4.98 Å². The molecule has 0 unspecified atom stereocenters. The van der Waals surface area contributed by atoms with Gasteiger partial charge in [-0.05, 0) is 58.8 Å². The highest BCUT2D eigenvalue weighted by atomic mass is 16.1. The van der Waals surface area contributed by atoms with Crippen LogP contribution in [0.1, 0.15) is 49.9 Å². The number of carbonyl (C=O) groups is 1. The highest BCUT2D eigenvalue weighted by Crippen LogP contribution is 2.18. The molecule has 150 valence electrons. The Balaban J connectivity index is 1.45. The van der Waals surface area contributed by atoms with Gasteiger partial charge in [-0.1, -0.05) is 6.42 Å². The monoisotopic (exact) mass is 373 g/mol. The fourth-order valence-electron chi connectivity index (χ4n) is 4.14. The molecule has 2 saturated heterocycles. The van der Waals surface area contributed by atoms with Gasteiger partial charge in [0.2, 0.25) is 0 Å². The Hall–Kier alpha value is -1.66. The Morgan fingerprint density at radius 1 is 1.19 bits per heavy atom. The summed E-state index contributed by atoms with van der Waals surface area (Å²) in [5.74, 6) is 0.955. The third-order valence-electron chi connectivity index (χ3n) is 6.06. The summed E-state index contributed by atoms with van der Waals surface area (Å²) in [6.45, 7) is 10.5. The third-order valence-corrected chi connectivity index (χ3v) is 6.06. The SMILES string of the molecule is CC(C)N1CCN(c2ccc(C(=O)NCC[C@@H]3CCCCN3C)cn2)CC1. The minimum atomic E-state index is -0.0165. The van der Waals surface area contributed by atoms with E-state index in [4.69, 9.17) is 0 Å². The van der Waals surface area contributed by atoms with Gasteiger partial charge in [-0.3, -0.25) is 9.69 Å². The molecule has 1 aromatic rings. The summed E-state index contributed by atoms with van der Waals surface area (Å²) < 4.78 is 0. The summed E-state index contributed by atoms with van der Waals surface area (Å²) >= 11 is 0. The number of pyridine rings is 1. The van der Waals surface area contributed by atoms with Gasteiger partial charge in [0, 0.05) is 51.0 Å². The summed E-state index contributed by atoms with van der Waals surface area (Å²) in [6, 6.07) is 5.08. The van der Waals surface area contributed by atoms with Crippen molar-refractivity contribution in [2.75, 3.05) is 51.2 Å². The van der Waals surface area contributed by atoms with Crippen LogP contribution in [0.2, 0.25) is 0 Å². The van der Waals surface area contributed by atoms with E-state index in [1.54, 1.807) is 6.20 Å². The zero-order chi connectivity index (χ0) is 19.2. The Bertz CT molecular complexity index is 595. The van der Waals surface area contributed by atoms with Gasteiger partial charge in [0.05, 0.1) is 5.56 Å². The average molecular weight is 374 g/mol. The molecule has 1 N–H and O–H groups in total. The Kier molecular flexibility index (Phi) is 7.07. The third kappa shape index (κ3) is 5.42. The number of piperazine rings is 1. The van der Waals surface area contributed by atoms with E-state index < -0.39 is 0 Å². The van der Waals surface area contributed by atoms with Crippen molar-refractivity contribution in [1.82, 2.24) is 20.1 Å². The number of carbonyl (C=O) groups excluding carboxylic acids is 1. The Morgan fingerprint density at radius 3 is 2.59 bits per heavy atom. The molecule has 1 atom stereocenters. The van der Waals surface area contributed by atoms with E-state index in [9.17, 15) is 4.79 Å². The Morgan fingerprint density at radius 2 is 1.96 bits per heavy atom. The van der Waals surface area contributed by atoms with Crippen molar-refractivity contribution < 1.29 is 4.79 Å². The van der Waals surface area contributed by atoms with Crippen molar-refractivity contribution in [1.29, 1.82) is 0 Å². The molecule has 0 aromatic carbocycles. The molecule has 1 aromatic heterocycles. The fourth-order valence-corrected chi connectivity index (χ4v) is 4.14. The van der Waals surface area contributed by atoms with E-state index in [1.807, 2.05) is 12.1 Å². The first-order valence-corrected chi connectivity index (χ1v) is 10.5. The molecular weight excluding hydrogens is 338 g/mol. The molecule has 0 saturated carbocycles. The first-order chi connectivity index (χ1) is 13.0. The zero-order valence-corrected chi connectivity index (χ0v) is 17.2. The number of hydrogen-bond donors (Lipinski definition) is 1. The number of piperidine rings is 1. The van der Waals surface area contributed by atoms with Crippen LogP contribution in [0.3, 0.4) is 0 Å². The van der Waals surface area contributed by atoms with Crippen molar-refractivity contribution in [2.45, 2.75) is 51.6 Å². The number of nitrogens with zero attached hydrogens (tertiary/aromatic N) is 4. The standard InChI is InChI=1S/C21H35N5O/c1-17(2)25-12-14-26(15-13-25)20-8-7-18(16-23-20)21(27)22-10-9-19-6-4-5-11-24(19)3/h7-8,16-17,19H,4-6,9-15H2,1-3H3,(H,22,27)/t19-/m0/s1. The maximum absolute atomic E-state index is 12.4. The van der Waals surface area contributed by atoms with Gasteiger partial charge in [-0.2, -0.15) is 0 Å². The second kappa shape index (κ2) is 9.51. The molecule has 27 heavy (non-hydrogen) atoms.